The summed E-state index contributed by atoms with van der Waals surface area (Å²) in [5.74, 6) is 0.785. The lowest BCUT2D eigenvalue weighted by Crippen LogP contribution is -2.27. The van der Waals surface area contributed by atoms with Crippen molar-refractivity contribution < 1.29 is 9.21 Å². The van der Waals surface area contributed by atoms with E-state index in [0.29, 0.717) is 5.69 Å². The monoisotopic (exact) mass is 347 g/mol. The highest BCUT2D eigenvalue weighted by Crippen LogP contribution is 2.35. The standard InChI is InChI=1S/C21H21N3O2/c25-21(19-20(26-12-23-19)15-8-10-22-11-9-15)24-17-7-6-14-5-4-13-2-1-3-16(17)18(13)14/h1-3,6-7,12,15,22H,4-5,8-11H2,(H,24,25). The van der Waals surface area contributed by atoms with E-state index >= 15 is 0 Å². The van der Waals surface area contributed by atoms with Crippen LogP contribution in [0.25, 0.3) is 10.8 Å². The molecule has 3 aromatic rings. The van der Waals surface area contributed by atoms with Gasteiger partial charge in [-0.05, 0) is 61.4 Å². The van der Waals surface area contributed by atoms with Gasteiger partial charge in [0.05, 0.1) is 0 Å². The van der Waals surface area contributed by atoms with Crippen LogP contribution in [0.2, 0.25) is 0 Å². The highest BCUT2D eigenvalue weighted by atomic mass is 16.3. The topological polar surface area (TPSA) is 67.2 Å². The summed E-state index contributed by atoms with van der Waals surface area (Å²) < 4.78 is 5.60. The van der Waals surface area contributed by atoms with E-state index < -0.39 is 0 Å². The summed E-state index contributed by atoms with van der Waals surface area (Å²) in [6.07, 6.45) is 5.48. The summed E-state index contributed by atoms with van der Waals surface area (Å²) >= 11 is 0. The Hall–Kier alpha value is -2.66. The number of hydrogen-bond donors (Lipinski definition) is 2. The van der Waals surface area contributed by atoms with Crippen LogP contribution in [0.3, 0.4) is 0 Å². The number of rotatable bonds is 3. The fourth-order valence-corrected chi connectivity index (χ4v) is 4.34. The van der Waals surface area contributed by atoms with Gasteiger partial charge in [-0.15, -0.1) is 0 Å². The number of nitrogens with zero attached hydrogens (tertiary/aromatic N) is 1. The average Bonchev–Trinajstić information content (AvgIpc) is 3.33. The van der Waals surface area contributed by atoms with Crippen molar-refractivity contribution in [2.45, 2.75) is 31.6 Å². The molecule has 5 rings (SSSR count). The molecule has 5 heteroatoms. The van der Waals surface area contributed by atoms with Gasteiger partial charge in [-0.2, -0.15) is 0 Å². The third-order valence-electron chi connectivity index (χ3n) is 5.64. The van der Waals surface area contributed by atoms with E-state index in [9.17, 15) is 4.79 Å². The van der Waals surface area contributed by atoms with Crippen molar-refractivity contribution in [3.05, 3.63) is 59.3 Å². The summed E-state index contributed by atoms with van der Waals surface area (Å²) in [4.78, 5) is 17.1. The van der Waals surface area contributed by atoms with Gasteiger partial charge in [-0.25, -0.2) is 4.98 Å². The summed E-state index contributed by atoms with van der Waals surface area (Å²) in [6.45, 7) is 1.89. The highest BCUT2D eigenvalue weighted by molar-refractivity contribution is 6.10. The molecule has 2 aliphatic rings. The van der Waals surface area contributed by atoms with Crippen molar-refractivity contribution in [3.63, 3.8) is 0 Å². The first-order valence-corrected chi connectivity index (χ1v) is 9.30. The van der Waals surface area contributed by atoms with Gasteiger partial charge in [-0.3, -0.25) is 4.79 Å². The van der Waals surface area contributed by atoms with Crippen LogP contribution < -0.4 is 10.6 Å². The van der Waals surface area contributed by atoms with E-state index in [-0.39, 0.29) is 11.8 Å². The average molecular weight is 347 g/mol. The van der Waals surface area contributed by atoms with Crippen LogP contribution in [-0.2, 0) is 12.8 Å². The Bertz CT molecular complexity index is 976. The molecule has 0 atom stereocenters. The Morgan fingerprint density at radius 2 is 1.92 bits per heavy atom. The Balaban J connectivity index is 1.47. The van der Waals surface area contributed by atoms with Gasteiger partial charge < -0.3 is 15.1 Å². The molecule has 1 saturated heterocycles. The lowest BCUT2D eigenvalue weighted by atomic mass is 9.94. The predicted octanol–water partition coefficient (Wildman–Crippen LogP) is 3.65. The predicted molar refractivity (Wildman–Crippen MR) is 101 cm³/mol. The lowest BCUT2D eigenvalue weighted by molar-refractivity contribution is 0.102. The van der Waals surface area contributed by atoms with E-state index in [4.69, 9.17) is 4.42 Å². The van der Waals surface area contributed by atoms with Crippen molar-refractivity contribution in [1.29, 1.82) is 0 Å². The molecule has 2 N–H and O–H groups in total. The maximum absolute atomic E-state index is 12.9. The van der Waals surface area contributed by atoms with Crippen molar-refractivity contribution in [2.24, 2.45) is 0 Å². The molecule has 132 valence electrons. The second kappa shape index (κ2) is 6.25. The van der Waals surface area contributed by atoms with Crippen LogP contribution in [0.4, 0.5) is 5.69 Å². The molecule has 1 fully saturated rings. The smallest absolute Gasteiger partial charge is 0.277 e. The van der Waals surface area contributed by atoms with E-state index in [2.05, 4.69) is 39.9 Å². The van der Waals surface area contributed by atoms with E-state index in [1.807, 2.05) is 6.07 Å². The molecule has 1 aromatic heterocycles. The molecule has 2 aromatic carbocycles. The van der Waals surface area contributed by atoms with Crippen molar-refractivity contribution >= 4 is 22.4 Å². The van der Waals surface area contributed by atoms with Gasteiger partial charge in [-0.1, -0.05) is 24.3 Å². The number of nitrogens with one attached hydrogen (secondary N) is 2. The van der Waals surface area contributed by atoms with Gasteiger partial charge in [0.25, 0.3) is 5.91 Å². The van der Waals surface area contributed by atoms with Crippen LogP contribution in [0, 0.1) is 0 Å². The van der Waals surface area contributed by atoms with Gasteiger partial charge in [0.1, 0.15) is 5.76 Å². The van der Waals surface area contributed by atoms with Gasteiger partial charge in [0, 0.05) is 17.0 Å². The Labute approximate surface area is 151 Å². The number of aryl methyl sites for hydroxylation is 2. The first-order valence-electron chi connectivity index (χ1n) is 9.30. The second-order valence-corrected chi connectivity index (χ2v) is 7.16. The number of aromatic nitrogens is 1. The fraction of sp³-hybridized carbons (Fsp3) is 0.333. The molecular formula is C21H21N3O2. The molecule has 26 heavy (non-hydrogen) atoms. The number of anilines is 1. The van der Waals surface area contributed by atoms with Crippen LogP contribution in [0.1, 0.15) is 46.1 Å². The maximum atomic E-state index is 12.9. The molecule has 2 heterocycles. The molecule has 1 aliphatic carbocycles. The minimum atomic E-state index is -0.189. The molecule has 0 radical (unpaired) electrons. The zero-order valence-corrected chi connectivity index (χ0v) is 14.5. The minimum absolute atomic E-state index is 0.189. The highest BCUT2D eigenvalue weighted by Gasteiger charge is 2.26. The summed E-state index contributed by atoms with van der Waals surface area (Å²) in [6, 6.07) is 10.5. The zero-order chi connectivity index (χ0) is 17.5. The molecular weight excluding hydrogens is 326 g/mol. The molecule has 5 nitrogen and oxygen atoms in total. The van der Waals surface area contributed by atoms with Crippen molar-refractivity contribution in [1.82, 2.24) is 10.3 Å². The normalized spacial score (nSPS) is 16.9. The number of hydrogen-bond acceptors (Lipinski definition) is 4. The molecule has 0 unspecified atom stereocenters. The Kier molecular flexibility index (Phi) is 3.75. The molecule has 1 amide bonds. The lowest BCUT2D eigenvalue weighted by Gasteiger charge is -2.21. The summed E-state index contributed by atoms with van der Waals surface area (Å²) in [5, 5.41) is 8.82. The molecule has 0 bridgehead atoms. The fourth-order valence-electron chi connectivity index (χ4n) is 4.34. The number of carbonyl (C=O) groups excluding carboxylic acids is 1. The van der Waals surface area contributed by atoms with Crippen molar-refractivity contribution in [2.75, 3.05) is 18.4 Å². The van der Waals surface area contributed by atoms with Crippen LogP contribution in [-0.4, -0.2) is 24.0 Å². The minimum Gasteiger partial charge on any atom is -0.447 e. The summed E-state index contributed by atoms with van der Waals surface area (Å²) in [7, 11) is 0. The summed E-state index contributed by atoms with van der Waals surface area (Å²) in [5.41, 5.74) is 3.99. The molecule has 0 saturated carbocycles. The van der Waals surface area contributed by atoms with Gasteiger partial charge in [0.2, 0.25) is 0 Å². The van der Waals surface area contributed by atoms with E-state index in [1.165, 1.54) is 22.9 Å². The number of benzene rings is 2. The third kappa shape index (κ3) is 2.51. The van der Waals surface area contributed by atoms with Crippen LogP contribution in [0.5, 0.6) is 0 Å². The number of carbonyl (C=O) groups is 1. The molecule has 0 spiro atoms. The first kappa shape index (κ1) is 15.6. The zero-order valence-electron chi connectivity index (χ0n) is 14.5. The third-order valence-corrected chi connectivity index (χ3v) is 5.64. The van der Waals surface area contributed by atoms with Crippen molar-refractivity contribution in [3.8, 4) is 0 Å². The SMILES string of the molecule is O=C(Nc1ccc2c3c(cccc13)CC2)c1ncoc1C1CCNCC1. The van der Waals surface area contributed by atoms with Crippen LogP contribution in [0.15, 0.2) is 41.1 Å². The number of oxazole rings is 1. The molecule has 1 aliphatic heterocycles. The van der Waals surface area contributed by atoms with E-state index in [0.717, 1.165) is 55.6 Å². The first-order chi connectivity index (χ1) is 12.8. The Morgan fingerprint density at radius 1 is 1.12 bits per heavy atom. The maximum Gasteiger partial charge on any atom is 0.277 e. The number of amides is 1. The van der Waals surface area contributed by atoms with E-state index in [1.54, 1.807) is 0 Å². The quantitative estimate of drug-likeness (QED) is 0.759. The Morgan fingerprint density at radius 3 is 2.77 bits per heavy atom. The second-order valence-electron chi connectivity index (χ2n) is 7.16. The van der Waals surface area contributed by atoms with Gasteiger partial charge >= 0.3 is 0 Å². The van der Waals surface area contributed by atoms with Gasteiger partial charge in [0.15, 0.2) is 12.1 Å². The van der Waals surface area contributed by atoms with Crippen LogP contribution >= 0.6 is 0 Å². The largest absolute Gasteiger partial charge is 0.447 e. The number of piperidine rings is 1.